The molecule has 29 valence electrons. The molecule has 0 saturated heterocycles. The van der Waals surface area contributed by atoms with E-state index in [0.29, 0.717) is 24.7 Å². The average molecular weight is 214 g/mol. The molecule has 3 nitrogen and oxygen atoms in total. The van der Waals surface area contributed by atoms with Crippen molar-refractivity contribution in [2.45, 2.75) is 0 Å². The first-order valence-corrected chi connectivity index (χ1v) is 2.76. The summed E-state index contributed by atoms with van der Waals surface area (Å²) in [6.07, 6.45) is 0. The minimum atomic E-state index is 0.300. The van der Waals surface area contributed by atoms with Crippen molar-refractivity contribution in [2.24, 2.45) is 0 Å². The fourth-order valence-corrected chi connectivity index (χ4v) is 0. The number of hydrogen-bond acceptors (Lipinski definition) is 3. The van der Waals surface area contributed by atoms with Gasteiger partial charge in [0.15, 0.2) is 0 Å². The Labute approximate surface area is 70.5 Å². The van der Waals surface area contributed by atoms with Crippen molar-refractivity contribution in [1.82, 2.24) is 0 Å². The molecule has 0 heterocycles. The molecule has 0 amide bonds. The summed E-state index contributed by atoms with van der Waals surface area (Å²) in [5.41, 5.74) is 0. The Morgan fingerprint density at radius 3 is 1.17 bits per heavy atom. The normalized spacial score (nSPS) is 1.50. The summed E-state index contributed by atoms with van der Waals surface area (Å²) in [5, 5.41) is 0. The second-order valence-electron chi connectivity index (χ2n) is 0. The molecular weight excluding hydrogens is 214 g/mol. The first kappa shape index (κ1) is 15.6. The first-order valence-electron chi connectivity index (χ1n) is 0.644. The van der Waals surface area contributed by atoms with Crippen LogP contribution in [0.3, 0.4) is 0 Å². The Bertz CT molecular complexity index is 15.5. The third-order valence-corrected chi connectivity index (χ3v) is 0. The van der Waals surface area contributed by atoms with Gasteiger partial charge in [-0.05, 0) is 0 Å². The third-order valence-electron chi connectivity index (χ3n) is 0. The molecule has 1 radical (unpaired) electrons. The predicted octanol–water partition coefficient (Wildman–Crippen LogP) is -0.742. The average Bonchev–Trinajstić information content (AvgIpc) is 1.81. The molecule has 0 N–H and O–H groups in total. The van der Waals surface area contributed by atoms with Gasteiger partial charge in [-0.3, -0.25) is 0 Å². The van der Waals surface area contributed by atoms with E-state index in [4.69, 9.17) is 9.94 Å². The van der Waals surface area contributed by atoms with Gasteiger partial charge in [0.25, 0.3) is 0 Å². The van der Waals surface area contributed by atoms with Crippen LogP contribution in [0.5, 0.6) is 0 Å². The van der Waals surface area contributed by atoms with E-state index >= 15 is 0 Å². The van der Waals surface area contributed by atoms with Crippen molar-refractivity contribution in [1.29, 1.82) is 0 Å². The quantitative estimate of drug-likeness (QED) is 0.499. The van der Waals surface area contributed by atoms with E-state index in [1.807, 2.05) is 0 Å². The van der Waals surface area contributed by atoms with Crippen molar-refractivity contribution >= 4 is 16.2 Å². The van der Waals surface area contributed by atoms with Crippen LogP contribution in [0.2, 0.25) is 0 Å². The Balaban J connectivity index is -0.0000000225. The molecular formula is AlO3TiZr. The fourth-order valence-electron chi connectivity index (χ4n) is 0. The van der Waals surface area contributed by atoms with Crippen molar-refractivity contribution in [3.05, 3.63) is 0 Å². The molecule has 0 atom stereocenters. The molecule has 0 unspecified atom stereocenters. The van der Waals surface area contributed by atoms with Crippen LogP contribution in [0.4, 0.5) is 0 Å². The Kier molecular flexibility index (Phi) is 222. The molecule has 0 fully saturated rings. The molecule has 0 aliphatic rings. The third kappa shape index (κ3) is 48.5. The maximum absolute atomic E-state index is 8.34. The van der Waals surface area contributed by atoms with Gasteiger partial charge in [-0.25, -0.2) is 0 Å². The molecule has 6 heteroatoms. The van der Waals surface area contributed by atoms with Crippen LogP contribution in [-0.4, -0.2) is 16.2 Å². The first-order chi connectivity index (χ1) is 3.00. The summed E-state index contributed by atoms with van der Waals surface area (Å²) in [6, 6.07) is 0. The van der Waals surface area contributed by atoms with Gasteiger partial charge in [-0.2, -0.15) is 0 Å². The van der Waals surface area contributed by atoms with Gasteiger partial charge in [0, 0.05) is 0 Å². The van der Waals surface area contributed by atoms with Crippen LogP contribution in [0, 0.1) is 0 Å². The van der Waals surface area contributed by atoms with Gasteiger partial charge >= 0.3 is 71.3 Å². The molecule has 0 aliphatic carbocycles. The predicted molar refractivity (Wildman–Crippen MR) is 7.81 cm³/mol. The second-order valence-corrected chi connectivity index (χ2v) is 0. The van der Waals surface area contributed by atoms with Crippen molar-refractivity contribution in [3.8, 4) is 0 Å². The zero-order valence-electron chi connectivity index (χ0n) is 2.80. The molecule has 0 aromatic carbocycles. The van der Waals surface area contributed by atoms with Gasteiger partial charge in [0.05, 0.1) is 0 Å². The molecule has 0 aliphatic heterocycles. The van der Waals surface area contributed by atoms with Gasteiger partial charge in [0.1, 0.15) is 0 Å². The van der Waals surface area contributed by atoms with Crippen LogP contribution < -0.4 is 0 Å². The van der Waals surface area contributed by atoms with Crippen LogP contribution in [0.25, 0.3) is 0 Å². The molecule has 0 spiro atoms. The van der Waals surface area contributed by atoms with E-state index in [9.17, 15) is 0 Å². The zero-order valence-corrected chi connectivity index (χ0v) is 7.98. The molecule has 0 saturated carbocycles. The zero-order chi connectivity index (χ0) is 6.00. The van der Waals surface area contributed by atoms with E-state index < -0.39 is 0 Å². The van der Waals surface area contributed by atoms with Crippen LogP contribution in [0.15, 0.2) is 0 Å². The van der Waals surface area contributed by atoms with E-state index in [1.165, 1.54) is 16.2 Å². The molecule has 0 rings (SSSR count). The number of hydrogen-bond donors (Lipinski definition) is 0. The van der Waals surface area contributed by atoms with Crippen molar-refractivity contribution in [2.75, 3.05) is 0 Å². The molecule has 0 bridgehead atoms. The molecule has 0 aromatic heterocycles. The van der Waals surface area contributed by atoms with Crippen molar-refractivity contribution < 1.29 is 55.1 Å². The standard InChI is InChI=1S/Al.3O.Ti.Zr. The van der Waals surface area contributed by atoms with Crippen molar-refractivity contribution in [3.63, 3.8) is 0 Å². The topological polar surface area (TPSA) is 51.2 Å². The Morgan fingerprint density at radius 1 is 1.17 bits per heavy atom. The fraction of sp³-hybridized carbons (Fsp3) is 0. The van der Waals surface area contributed by atoms with Gasteiger partial charge in [0.2, 0.25) is 0 Å². The van der Waals surface area contributed by atoms with E-state index in [1.54, 1.807) is 0 Å². The van der Waals surface area contributed by atoms with Gasteiger partial charge < -0.3 is 0 Å². The van der Waals surface area contributed by atoms with E-state index in [2.05, 4.69) is 0 Å². The molecule has 0 aromatic rings. The van der Waals surface area contributed by atoms with Crippen LogP contribution in [0.1, 0.15) is 0 Å². The SMILES string of the molecule is [O]=[Al].[O]=[Ti].[O]=[Zr]. The monoisotopic (exact) mass is 213 g/mol. The van der Waals surface area contributed by atoms with Crippen LogP contribution >= 0.6 is 0 Å². The van der Waals surface area contributed by atoms with Gasteiger partial charge in [-0.15, -0.1) is 0 Å². The minimum absolute atomic E-state index is 0.300. The van der Waals surface area contributed by atoms with E-state index in [0.717, 1.165) is 20.4 Å². The van der Waals surface area contributed by atoms with Crippen LogP contribution in [-0.2, 0) is 55.1 Å². The van der Waals surface area contributed by atoms with E-state index in [-0.39, 0.29) is 0 Å². The number of rotatable bonds is 0. The summed E-state index contributed by atoms with van der Waals surface area (Å²) in [7, 11) is 0. The van der Waals surface area contributed by atoms with Gasteiger partial charge in [-0.1, -0.05) is 0 Å². The Hall–Kier alpha value is 1.53. The maximum atomic E-state index is 8.34. The summed E-state index contributed by atoms with van der Waals surface area (Å²) in [4.78, 5) is 0. The second kappa shape index (κ2) is 85.3. The summed E-state index contributed by atoms with van der Waals surface area (Å²) >= 11 is 2.22. The summed E-state index contributed by atoms with van der Waals surface area (Å²) < 4.78 is 24.8. The molecule has 6 heavy (non-hydrogen) atoms. The summed E-state index contributed by atoms with van der Waals surface area (Å²) in [5.74, 6) is 0. The summed E-state index contributed by atoms with van der Waals surface area (Å²) in [6.45, 7) is 0. The Morgan fingerprint density at radius 2 is 1.17 bits per heavy atom.